The summed E-state index contributed by atoms with van der Waals surface area (Å²) in [5.41, 5.74) is 4.97. The van der Waals surface area contributed by atoms with Gasteiger partial charge in [0.1, 0.15) is 0 Å². The van der Waals surface area contributed by atoms with Gasteiger partial charge in [-0.3, -0.25) is 4.79 Å². The normalized spacial score (nSPS) is 16.4. The lowest BCUT2D eigenvalue weighted by atomic mass is 10.1. The number of aromatic nitrogens is 3. The Kier molecular flexibility index (Phi) is 4.67. The lowest BCUT2D eigenvalue weighted by Gasteiger charge is -2.16. The average molecular weight is 417 g/mol. The minimum Gasteiger partial charge on any atom is -0.339 e. The van der Waals surface area contributed by atoms with Gasteiger partial charge in [-0.25, -0.2) is 4.98 Å². The SMILES string of the molecule is Cc1ccc(N2C[C@H](c3nc(-c4ccc(-c5csc(C)n5)cc4)no3)CC2=O)cc1. The van der Waals surface area contributed by atoms with Crippen molar-refractivity contribution in [3.8, 4) is 22.6 Å². The lowest BCUT2D eigenvalue weighted by molar-refractivity contribution is -0.117. The Morgan fingerprint density at radius 2 is 1.73 bits per heavy atom. The quantitative estimate of drug-likeness (QED) is 0.468. The first-order chi connectivity index (χ1) is 14.6. The van der Waals surface area contributed by atoms with E-state index in [1.54, 1.807) is 16.2 Å². The Morgan fingerprint density at radius 1 is 1.00 bits per heavy atom. The number of hydrogen-bond donors (Lipinski definition) is 0. The zero-order valence-electron chi connectivity index (χ0n) is 16.7. The summed E-state index contributed by atoms with van der Waals surface area (Å²) in [6.07, 6.45) is 0.373. The number of carbonyl (C=O) groups excluding carboxylic acids is 1. The molecule has 0 N–H and O–H groups in total. The molecule has 6 nitrogen and oxygen atoms in total. The summed E-state index contributed by atoms with van der Waals surface area (Å²) in [5, 5.41) is 7.24. The Bertz CT molecular complexity index is 1190. The number of aryl methyl sites for hydroxylation is 2. The van der Waals surface area contributed by atoms with Gasteiger partial charge in [-0.05, 0) is 26.0 Å². The average Bonchev–Trinajstić information content (AvgIpc) is 3.49. The Balaban J connectivity index is 1.33. The van der Waals surface area contributed by atoms with Crippen molar-refractivity contribution in [2.75, 3.05) is 11.4 Å². The van der Waals surface area contributed by atoms with Crippen molar-refractivity contribution in [1.82, 2.24) is 15.1 Å². The number of hydrogen-bond acceptors (Lipinski definition) is 6. The van der Waals surface area contributed by atoms with Crippen molar-refractivity contribution in [3.05, 3.63) is 70.4 Å². The fourth-order valence-electron chi connectivity index (χ4n) is 3.65. The summed E-state index contributed by atoms with van der Waals surface area (Å²) < 4.78 is 5.52. The lowest BCUT2D eigenvalue weighted by Crippen LogP contribution is -2.24. The Labute approximate surface area is 178 Å². The zero-order chi connectivity index (χ0) is 20.7. The highest BCUT2D eigenvalue weighted by Crippen LogP contribution is 2.32. The molecule has 0 spiro atoms. The van der Waals surface area contributed by atoms with Crippen LogP contribution >= 0.6 is 11.3 Å². The molecule has 4 aromatic rings. The van der Waals surface area contributed by atoms with Gasteiger partial charge in [0.25, 0.3) is 0 Å². The van der Waals surface area contributed by atoms with Gasteiger partial charge in [0.05, 0.1) is 16.6 Å². The van der Waals surface area contributed by atoms with Gasteiger partial charge in [0, 0.05) is 35.2 Å². The van der Waals surface area contributed by atoms with E-state index in [2.05, 4.69) is 15.1 Å². The van der Waals surface area contributed by atoms with E-state index in [0.29, 0.717) is 24.7 Å². The van der Waals surface area contributed by atoms with Crippen LogP contribution in [-0.2, 0) is 4.79 Å². The minimum atomic E-state index is -0.0997. The summed E-state index contributed by atoms with van der Waals surface area (Å²) in [4.78, 5) is 23.4. The van der Waals surface area contributed by atoms with Crippen LogP contribution in [0.5, 0.6) is 0 Å². The highest BCUT2D eigenvalue weighted by Gasteiger charge is 2.35. The van der Waals surface area contributed by atoms with Crippen LogP contribution in [0.2, 0.25) is 0 Å². The van der Waals surface area contributed by atoms with Gasteiger partial charge in [-0.1, -0.05) is 47.1 Å². The second kappa shape index (κ2) is 7.50. The number of rotatable bonds is 4. The van der Waals surface area contributed by atoms with Gasteiger partial charge in [0.15, 0.2) is 0 Å². The first-order valence-corrected chi connectivity index (χ1v) is 10.7. The second-order valence-electron chi connectivity index (χ2n) is 7.53. The third kappa shape index (κ3) is 3.52. The van der Waals surface area contributed by atoms with Gasteiger partial charge >= 0.3 is 0 Å². The predicted octanol–water partition coefficient (Wildman–Crippen LogP) is 5.00. The number of thiazole rings is 1. The molecule has 1 saturated heterocycles. The topological polar surface area (TPSA) is 72.1 Å². The minimum absolute atomic E-state index is 0.0755. The van der Waals surface area contributed by atoms with Crippen LogP contribution < -0.4 is 4.90 Å². The Morgan fingerprint density at radius 3 is 2.43 bits per heavy atom. The summed E-state index contributed by atoms with van der Waals surface area (Å²) in [7, 11) is 0. The molecule has 30 heavy (non-hydrogen) atoms. The number of carbonyl (C=O) groups is 1. The highest BCUT2D eigenvalue weighted by molar-refractivity contribution is 7.09. The summed E-state index contributed by atoms with van der Waals surface area (Å²) in [6, 6.07) is 15.9. The van der Waals surface area contributed by atoms with Crippen molar-refractivity contribution < 1.29 is 9.32 Å². The molecule has 1 aliphatic rings. The molecule has 0 aliphatic carbocycles. The highest BCUT2D eigenvalue weighted by atomic mass is 32.1. The molecule has 3 heterocycles. The molecule has 1 aliphatic heterocycles. The van der Waals surface area contributed by atoms with Crippen LogP contribution in [0.1, 0.15) is 28.8 Å². The van der Waals surface area contributed by atoms with Gasteiger partial charge in [0.2, 0.25) is 17.6 Å². The molecule has 0 radical (unpaired) electrons. The van der Waals surface area contributed by atoms with Crippen molar-refractivity contribution >= 4 is 22.9 Å². The Hall–Kier alpha value is -3.32. The molecule has 7 heteroatoms. The van der Waals surface area contributed by atoms with E-state index in [0.717, 1.165) is 27.5 Å². The summed E-state index contributed by atoms with van der Waals surface area (Å²) in [5.74, 6) is 1.02. The fraction of sp³-hybridized carbons (Fsp3) is 0.217. The van der Waals surface area contributed by atoms with Crippen molar-refractivity contribution in [2.45, 2.75) is 26.2 Å². The molecule has 1 atom stereocenters. The monoisotopic (exact) mass is 416 g/mol. The van der Waals surface area contributed by atoms with Crippen LogP contribution in [0.25, 0.3) is 22.6 Å². The molecular weight excluding hydrogens is 396 g/mol. The third-order valence-electron chi connectivity index (χ3n) is 5.32. The predicted molar refractivity (Wildman–Crippen MR) is 116 cm³/mol. The first-order valence-electron chi connectivity index (χ1n) is 9.80. The maximum atomic E-state index is 12.5. The number of nitrogens with zero attached hydrogens (tertiary/aromatic N) is 4. The van der Waals surface area contributed by atoms with E-state index in [4.69, 9.17) is 4.52 Å². The molecule has 0 saturated carbocycles. The standard InChI is InChI=1S/C23H20N4O2S/c1-14-3-9-19(10-4-14)27-12-18(11-21(27)28)23-25-22(26-29-23)17-7-5-16(6-8-17)20-13-30-15(2)24-20/h3-10,13,18H,11-12H2,1-2H3/t18-/m1/s1. The third-order valence-corrected chi connectivity index (χ3v) is 6.09. The molecule has 0 bridgehead atoms. The first kappa shape index (κ1) is 18.7. The number of anilines is 1. The fourth-order valence-corrected chi connectivity index (χ4v) is 4.27. The molecular formula is C23H20N4O2S. The van der Waals surface area contributed by atoms with Crippen LogP contribution in [0.4, 0.5) is 5.69 Å². The van der Waals surface area contributed by atoms with Crippen molar-refractivity contribution in [1.29, 1.82) is 0 Å². The molecule has 2 aromatic carbocycles. The molecule has 1 fully saturated rings. The molecule has 1 amide bonds. The van der Waals surface area contributed by atoms with E-state index < -0.39 is 0 Å². The van der Waals surface area contributed by atoms with Gasteiger partial charge < -0.3 is 9.42 Å². The van der Waals surface area contributed by atoms with Crippen LogP contribution in [0.3, 0.4) is 0 Å². The van der Waals surface area contributed by atoms with E-state index in [1.165, 1.54) is 5.56 Å². The second-order valence-corrected chi connectivity index (χ2v) is 8.59. The molecule has 0 unspecified atom stereocenters. The molecule has 5 rings (SSSR count). The smallest absolute Gasteiger partial charge is 0.232 e. The largest absolute Gasteiger partial charge is 0.339 e. The number of amides is 1. The van der Waals surface area contributed by atoms with E-state index >= 15 is 0 Å². The van der Waals surface area contributed by atoms with Crippen LogP contribution in [0, 0.1) is 13.8 Å². The van der Waals surface area contributed by atoms with Crippen LogP contribution in [0.15, 0.2) is 58.4 Å². The van der Waals surface area contributed by atoms with E-state index in [-0.39, 0.29) is 11.8 Å². The van der Waals surface area contributed by atoms with Gasteiger partial charge in [-0.2, -0.15) is 4.98 Å². The number of benzene rings is 2. The molecule has 150 valence electrons. The van der Waals surface area contributed by atoms with Gasteiger partial charge in [-0.15, -0.1) is 11.3 Å². The maximum absolute atomic E-state index is 12.5. The molecule has 2 aromatic heterocycles. The van der Waals surface area contributed by atoms with Crippen molar-refractivity contribution in [2.24, 2.45) is 0 Å². The van der Waals surface area contributed by atoms with E-state index in [1.807, 2.05) is 67.8 Å². The summed E-state index contributed by atoms with van der Waals surface area (Å²) >= 11 is 1.63. The zero-order valence-corrected chi connectivity index (χ0v) is 17.5. The van der Waals surface area contributed by atoms with Crippen molar-refractivity contribution in [3.63, 3.8) is 0 Å². The van der Waals surface area contributed by atoms with E-state index in [9.17, 15) is 4.79 Å². The maximum Gasteiger partial charge on any atom is 0.232 e. The van der Waals surface area contributed by atoms with Crippen LogP contribution in [-0.4, -0.2) is 27.6 Å². The summed E-state index contributed by atoms with van der Waals surface area (Å²) in [6.45, 7) is 4.57.